The van der Waals surface area contributed by atoms with Gasteiger partial charge in [-0.2, -0.15) is 4.98 Å². The number of aliphatic hydroxyl groups is 2. The standard InChI is InChI=1S/C22H25F3N6O2/c23-11-8-14(24)19(15(25)9-11)29-22-28-16-10-26-21(27-12-4-6-13(32)7-5-12)30-20(16)31(22)17-2-1-3-18(17)33/h8-10,12-13,17-18,32-33H,1-7H2,(H,28,29)(H,26,27,30)/t12?,13?,17?,18-/m0/s1. The first-order valence-electron chi connectivity index (χ1n) is 11.2. The number of anilines is 3. The van der Waals surface area contributed by atoms with Crippen LogP contribution in [-0.4, -0.2) is 48.0 Å². The van der Waals surface area contributed by atoms with Gasteiger partial charge in [0.05, 0.1) is 24.4 Å². The minimum absolute atomic E-state index is 0.0904. The number of nitrogens with one attached hydrogen (secondary N) is 2. The Hall–Kier alpha value is -2.92. The first-order chi connectivity index (χ1) is 15.9. The van der Waals surface area contributed by atoms with E-state index >= 15 is 0 Å². The Morgan fingerprint density at radius 2 is 1.67 bits per heavy atom. The maximum Gasteiger partial charge on any atom is 0.224 e. The van der Waals surface area contributed by atoms with Crippen molar-refractivity contribution in [3.8, 4) is 0 Å². The first-order valence-corrected chi connectivity index (χ1v) is 11.2. The van der Waals surface area contributed by atoms with Gasteiger partial charge in [0.15, 0.2) is 17.3 Å². The fourth-order valence-corrected chi connectivity index (χ4v) is 4.76. The molecule has 0 amide bonds. The zero-order valence-corrected chi connectivity index (χ0v) is 17.8. The highest BCUT2D eigenvalue weighted by atomic mass is 19.1. The molecule has 4 N–H and O–H groups in total. The third kappa shape index (κ3) is 4.34. The van der Waals surface area contributed by atoms with E-state index in [2.05, 4.69) is 25.6 Å². The second-order valence-electron chi connectivity index (χ2n) is 8.79. The fraction of sp³-hybridized carbons (Fsp3) is 0.500. The number of aromatic nitrogens is 4. The van der Waals surface area contributed by atoms with Gasteiger partial charge in [0.1, 0.15) is 17.0 Å². The summed E-state index contributed by atoms with van der Waals surface area (Å²) in [5, 5.41) is 26.2. The van der Waals surface area contributed by atoms with Crippen molar-refractivity contribution in [2.75, 3.05) is 10.6 Å². The average Bonchev–Trinajstić information content (AvgIpc) is 3.34. The van der Waals surface area contributed by atoms with E-state index in [9.17, 15) is 23.4 Å². The molecule has 33 heavy (non-hydrogen) atoms. The van der Waals surface area contributed by atoms with Crippen LogP contribution in [0.4, 0.5) is 30.8 Å². The summed E-state index contributed by atoms with van der Waals surface area (Å²) in [6.45, 7) is 0. The summed E-state index contributed by atoms with van der Waals surface area (Å²) in [7, 11) is 0. The molecule has 2 aliphatic rings. The summed E-state index contributed by atoms with van der Waals surface area (Å²) in [5.41, 5.74) is 0.274. The molecule has 11 heteroatoms. The van der Waals surface area contributed by atoms with Gasteiger partial charge in [-0.05, 0) is 44.9 Å². The SMILES string of the molecule is OC1CCC(Nc2ncc3nc(Nc4c(F)cc(F)cc4F)n(C4CCC[C@@H]4O)c3n2)CC1. The molecule has 1 aromatic carbocycles. The summed E-state index contributed by atoms with van der Waals surface area (Å²) in [6.07, 6.45) is 5.57. The predicted molar refractivity (Wildman–Crippen MR) is 116 cm³/mol. The van der Waals surface area contributed by atoms with E-state index < -0.39 is 35.3 Å². The number of imidazole rings is 1. The van der Waals surface area contributed by atoms with Crippen LogP contribution >= 0.6 is 0 Å². The molecule has 3 aromatic rings. The monoisotopic (exact) mass is 462 g/mol. The number of aliphatic hydroxyl groups excluding tert-OH is 2. The maximum absolute atomic E-state index is 14.3. The van der Waals surface area contributed by atoms with Crippen molar-refractivity contribution in [3.63, 3.8) is 0 Å². The Morgan fingerprint density at radius 1 is 0.939 bits per heavy atom. The third-order valence-electron chi connectivity index (χ3n) is 6.48. The smallest absolute Gasteiger partial charge is 0.224 e. The molecule has 2 atom stereocenters. The van der Waals surface area contributed by atoms with Gasteiger partial charge in [0, 0.05) is 18.2 Å². The average molecular weight is 462 g/mol. The lowest BCUT2D eigenvalue weighted by Gasteiger charge is -2.26. The van der Waals surface area contributed by atoms with Crippen LogP contribution in [0.5, 0.6) is 0 Å². The van der Waals surface area contributed by atoms with Crippen molar-refractivity contribution >= 4 is 28.7 Å². The molecule has 2 saturated carbocycles. The van der Waals surface area contributed by atoms with Gasteiger partial charge in [-0.15, -0.1) is 0 Å². The highest BCUT2D eigenvalue weighted by Crippen LogP contribution is 2.37. The van der Waals surface area contributed by atoms with Crippen molar-refractivity contribution in [1.82, 2.24) is 19.5 Å². The van der Waals surface area contributed by atoms with Gasteiger partial charge >= 0.3 is 0 Å². The Morgan fingerprint density at radius 3 is 2.33 bits per heavy atom. The molecule has 2 heterocycles. The lowest BCUT2D eigenvalue weighted by Crippen LogP contribution is -2.29. The summed E-state index contributed by atoms with van der Waals surface area (Å²) in [4.78, 5) is 13.3. The summed E-state index contributed by atoms with van der Waals surface area (Å²) < 4.78 is 43.6. The van der Waals surface area contributed by atoms with Crippen LogP contribution < -0.4 is 10.6 Å². The lowest BCUT2D eigenvalue weighted by molar-refractivity contribution is 0.126. The normalized spacial score (nSPS) is 25.5. The molecule has 8 nitrogen and oxygen atoms in total. The number of benzene rings is 1. The molecular formula is C22H25F3N6O2. The molecule has 2 aliphatic carbocycles. The number of halogens is 3. The molecule has 176 valence electrons. The highest BCUT2D eigenvalue weighted by Gasteiger charge is 2.32. The van der Waals surface area contributed by atoms with E-state index in [1.165, 1.54) is 6.20 Å². The molecule has 0 radical (unpaired) electrons. The summed E-state index contributed by atoms with van der Waals surface area (Å²) in [6, 6.07) is 0.910. The third-order valence-corrected chi connectivity index (χ3v) is 6.48. The molecular weight excluding hydrogens is 437 g/mol. The van der Waals surface area contributed by atoms with E-state index in [4.69, 9.17) is 0 Å². The van der Waals surface area contributed by atoms with Crippen LogP contribution in [0.2, 0.25) is 0 Å². The van der Waals surface area contributed by atoms with Crippen LogP contribution in [0.15, 0.2) is 18.3 Å². The van der Waals surface area contributed by atoms with Crippen LogP contribution in [0.3, 0.4) is 0 Å². The van der Waals surface area contributed by atoms with Crippen molar-refractivity contribution in [2.24, 2.45) is 0 Å². The van der Waals surface area contributed by atoms with Crippen molar-refractivity contribution < 1.29 is 23.4 Å². The topological polar surface area (TPSA) is 108 Å². The Labute approximate surface area is 187 Å². The Kier molecular flexibility index (Phi) is 5.83. The molecule has 0 saturated heterocycles. The number of fused-ring (bicyclic) bond motifs is 1. The minimum atomic E-state index is -1.09. The van der Waals surface area contributed by atoms with Crippen molar-refractivity contribution in [2.45, 2.75) is 69.2 Å². The largest absolute Gasteiger partial charge is 0.393 e. The van der Waals surface area contributed by atoms with Gasteiger partial charge in [-0.3, -0.25) is 4.57 Å². The van der Waals surface area contributed by atoms with Gasteiger partial charge in [0.2, 0.25) is 11.9 Å². The zero-order chi connectivity index (χ0) is 23.1. The second-order valence-corrected chi connectivity index (χ2v) is 8.79. The molecule has 2 aromatic heterocycles. The van der Waals surface area contributed by atoms with E-state index in [0.717, 1.165) is 19.3 Å². The van der Waals surface area contributed by atoms with E-state index in [-0.39, 0.29) is 18.1 Å². The van der Waals surface area contributed by atoms with Crippen LogP contribution in [0.25, 0.3) is 11.2 Å². The molecule has 0 aliphatic heterocycles. The quantitative estimate of drug-likeness (QED) is 0.457. The lowest BCUT2D eigenvalue weighted by atomic mass is 9.93. The van der Waals surface area contributed by atoms with Crippen molar-refractivity contribution in [3.05, 3.63) is 35.8 Å². The number of hydrogen-bond acceptors (Lipinski definition) is 7. The van der Waals surface area contributed by atoms with Crippen molar-refractivity contribution in [1.29, 1.82) is 0 Å². The van der Waals surface area contributed by atoms with Crippen LogP contribution in [0.1, 0.15) is 51.0 Å². The first kappa shape index (κ1) is 21.9. The number of nitrogens with zero attached hydrogens (tertiary/aromatic N) is 4. The fourth-order valence-electron chi connectivity index (χ4n) is 4.76. The Bertz CT molecular complexity index is 1140. The minimum Gasteiger partial charge on any atom is -0.393 e. The predicted octanol–water partition coefficient (Wildman–Crippen LogP) is 3.79. The molecule has 0 spiro atoms. The van der Waals surface area contributed by atoms with Crippen LogP contribution in [-0.2, 0) is 0 Å². The second kappa shape index (κ2) is 8.79. The van der Waals surface area contributed by atoms with Gasteiger partial charge in [0.25, 0.3) is 0 Å². The number of rotatable bonds is 5. The van der Waals surface area contributed by atoms with E-state index in [1.807, 2.05) is 0 Å². The summed E-state index contributed by atoms with van der Waals surface area (Å²) in [5.74, 6) is -2.74. The Balaban J connectivity index is 1.53. The van der Waals surface area contributed by atoms with Gasteiger partial charge in [-0.25, -0.2) is 23.1 Å². The zero-order valence-electron chi connectivity index (χ0n) is 17.8. The summed E-state index contributed by atoms with van der Waals surface area (Å²) >= 11 is 0. The number of hydrogen-bond donors (Lipinski definition) is 4. The van der Waals surface area contributed by atoms with E-state index in [0.29, 0.717) is 54.9 Å². The maximum atomic E-state index is 14.3. The van der Waals surface area contributed by atoms with Gasteiger partial charge in [-0.1, -0.05) is 0 Å². The van der Waals surface area contributed by atoms with Crippen LogP contribution in [0, 0.1) is 17.5 Å². The van der Waals surface area contributed by atoms with E-state index in [1.54, 1.807) is 4.57 Å². The molecule has 0 bridgehead atoms. The highest BCUT2D eigenvalue weighted by molar-refractivity contribution is 5.77. The van der Waals surface area contributed by atoms with Gasteiger partial charge < -0.3 is 20.8 Å². The molecule has 1 unspecified atom stereocenters. The molecule has 5 rings (SSSR count). The molecule has 2 fully saturated rings.